The molecule has 23 heavy (non-hydrogen) atoms. The van der Waals surface area contributed by atoms with Crippen LogP contribution in [0.2, 0.25) is 5.02 Å². The molecular formula is C17H14ClN3OS. The zero-order valence-corrected chi connectivity index (χ0v) is 13.9. The van der Waals surface area contributed by atoms with E-state index in [1.807, 2.05) is 53.9 Å². The first-order valence-electron chi connectivity index (χ1n) is 6.96. The van der Waals surface area contributed by atoms with Crippen molar-refractivity contribution >= 4 is 45.4 Å². The molecule has 0 aliphatic rings. The lowest BCUT2D eigenvalue weighted by Crippen LogP contribution is -2.05. The highest BCUT2D eigenvalue weighted by Gasteiger charge is 2.05. The number of carbonyl (C=O) groups excluding carboxylic acids is 1. The SMILES string of the molecule is CC(=O)Nc1ccc(-c2csc(Nc3ccc(Cl)cc3)n2)cc1. The maximum absolute atomic E-state index is 11.0. The first-order valence-corrected chi connectivity index (χ1v) is 8.22. The van der Waals surface area contributed by atoms with E-state index in [2.05, 4.69) is 15.6 Å². The molecule has 0 unspecified atom stereocenters. The highest BCUT2D eigenvalue weighted by atomic mass is 35.5. The maximum Gasteiger partial charge on any atom is 0.221 e. The molecule has 0 aliphatic carbocycles. The maximum atomic E-state index is 11.0. The number of amides is 1. The zero-order chi connectivity index (χ0) is 16.2. The average molecular weight is 344 g/mol. The van der Waals surface area contributed by atoms with Gasteiger partial charge in [-0.15, -0.1) is 11.3 Å². The summed E-state index contributed by atoms with van der Waals surface area (Å²) < 4.78 is 0. The van der Waals surface area contributed by atoms with E-state index in [-0.39, 0.29) is 5.91 Å². The predicted octanol–water partition coefficient (Wildman–Crippen LogP) is 5.17. The lowest BCUT2D eigenvalue weighted by atomic mass is 10.1. The fraction of sp³-hybridized carbons (Fsp3) is 0.0588. The predicted molar refractivity (Wildman–Crippen MR) is 96.6 cm³/mol. The first-order chi connectivity index (χ1) is 11.1. The van der Waals surface area contributed by atoms with E-state index in [1.165, 1.54) is 18.3 Å². The fourth-order valence-corrected chi connectivity index (χ4v) is 2.91. The number of thiazole rings is 1. The molecule has 3 aromatic rings. The van der Waals surface area contributed by atoms with Crippen LogP contribution in [-0.4, -0.2) is 10.9 Å². The Hall–Kier alpha value is -2.37. The number of nitrogens with one attached hydrogen (secondary N) is 2. The normalized spacial score (nSPS) is 10.3. The van der Waals surface area contributed by atoms with Crippen molar-refractivity contribution in [1.82, 2.24) is 4.98 Å². The third kappa shape index (κ3) is 4.09. The van der Waals surface area contributed by atoms with Gasteiger partial charge in [-0.3, -0.25) is 4.79 Å². The molecule has 0 fully saturated rings. The highest BCUT2D eigenvalue weighted by Crippen LogP contribution is 2.28. The number of halogens is 1. The first kappa shape index (κ1) is 15.5. The monoisotopic (exact) mass is 343 g/mol. The third-order valence-electron chi connectivity index (χ3n) is 3.10. The van der Waals surface area contributed by atoms with E-state index in [4.69, 9.17) is 11.6 Å². The van der Waals surface area contributed by atoms with Gasteiger partial charge in [-0.1, -0.05) is 23.7 Å². The van der Waals surface area contributed by atoms with Crippen LogP contribution >= 0.6 is 22.9 Å². The molecule has 0 radical (unpaired) electrons. The van der Waals surface area contributed by atoms with E-state index in [9.17, 15) is 4.79 Å². The van der Waals surface area contributed by atoms with E-state index in [0.717, 1.165) is 27.8 Å². The Labute approximate surface area is 143 Å². The van der Waals surface area contributed by atoms with Crippen molar-refractivity contribution in [3.05, 3.63) is 58.9 Å². The van der Waals surface area contributed by atoms with Gasteiger partial charge < -0.3 is 10.6 Å². The standard InChI is InChI=1S/C17H14ClN3OS/c1-11(22)19-14-6-2-12(3-7-14)16-10-23-17(21-16)20-15-8-4-13(18)5-9-15/h2-10H,1H3,(H,19,22)(H,20,21). The Morgan fingerprint density at radius 1 is 1.04 bits per heavy atom. The number of benzene rings is 2. The minimum absolute atomic E-state index is 0.0825. The van der Waals surface area contributed by atoms with Gasteiger partial charge in [0.15, 0.2) is 5.13 Å². The van der Waals surface area contributed by atoms with Gasteiger partial charge in [0.1, 0.15) is 0 Å². The average Bonchev–Trinajstić information content (AvgIpc) is 2.98. The van der Waals surface area contributed by atoms with Gasteiger partial charge in [0.2, 0.25) is 5.91 Å². The number of anilines is 3. The Morgan fingerprint density at radius 3 is 2.35 bits per heavy atom. The number of nitrogens with zero attached hydrogens (tertiary/aromatic N) is 1. The van der Waals surface area contributed by atoms with E-state index in [1.54, 1.807) is 0 Å². The number of hydrogen-bond acceptors (Lipinski definition) is 4. The minimum atomic E-state index is -0.0825. The second-order valence-electron chi connectivity index (χ2n) is 4.93. The minimum Gasteiger partial charge on any atom is -0.332 e. The summed E-state index contributed by atoms with van der Waals surface area (Å²) in [6.45, 7) is 1.49. The Kier molecular flexibility index (Phi) is 4.60. The van der Waals surface area contributed by atoms with E-state index in [0.29, 0.717) is 5.02 Å². The molecule has 0 saturated heterocycles. The molecule has 1 aromatic heterocycles. The second-order valence-corrected chi connectivity index (χ2v) is 6.22. The van der Waals surface area contributed by atoms with E-state index >= 15 is 0 Å². The molecule has 0 spiro atoms. The summed E-state index contributed by atoms with van der Waals surface area (Å²) in [5, 5.41) is 9.50. The van der Waals surface area contributed by atoms with Crippen LogP contribution in [0.3, 0.4) is 0 Å². The van der Waals surface area contributed by atoms with Gasteiger partial charge in [0.05, 0.1) is 5.69 Å². The van der Waals surface area contributed by atoms with Crippen molar-refractivity contribution in [2.45, 2.75) is 6.92 Å². The van der Waals surface area contributed by atoms with Crippen molar-refractivity contribution in [3.8, 4) is 11.3 Å². The van der Waals surface area contributed by atoms with Gasteiger partial charge in [-0.05, 0) is 36.4 Å². The zero-order valence-electron chi connectivity index (χ0n) is 12.3. The number of aromatic nitrogens is 1. The molecule has 0 aliphatic heterocycles. The van der Waals surface area contributed by atoms with Crippen LogP contribution in [-0.2, 0) is 4.79 Å². The highest BCUT2D eigenvalue weighted by molar-refractivity contribution is 7.14. The smallest absolute Gasteiger partial charge is 0.221 e. The van der Waals surface area contributed by atoms with Crippen LogP contribution in [0.1, 0.15) is 6.92 Å². The molecule has 2 N–H and O–H groups in total. The van der Waals surface area contributed by atoms with Gasteiger partial charge in [-0.2, -0.15) is 0 Å². The van der Waals surface area contributed by atoms with Crippen molar-refractivity contribution in [3.63, 3.8) is 0 Å². The van der Waals surface area contributed by atoms with Gasteiger partial charge in [-0.25, -0.2) is 4.98 Å². The summed E-state index contributed by atoms with van der Waals surface area (Å²) in [6, 6.07) is 15.1. The molecule has 1 amide bonds. The number of hydrogen-bond donors (Lipinski definition) is 2. The van der Waals surface area contributed by atoms with Gasteiger partial charge in [0.25, 0.3) is 0 Å². The molecule has 2 aromatic carbocycles. The molecule has 116 valence electrons. The molecule has 0 saturated carbocycles. The number of rotatable bonds is 4. The van der Waals surface area contributed by atoms with Crippen LogP contribution in [0, 0.1) is 0 Å². The molecule has 0 atom stereocenters. The molecule has 4 nitrogen and oxygen atoms in total. The summed E-state index contributed by atoms with van der Waals surface area (Å²) in [5.41, 5.74) is 3.60. The van der Waals surface area contributed by atoms with Gasteiger partial charge in [0, 0.05) is 34.3 Å². The second kappa shape index (κ2) is 6.81. The fourth-order valence-electron chi connectivity index (χ4n) is 2.05. The topological polar surface area (TPSA) is 54.0 Å². The van der Waals surface area contributed by atoms with Crippen molar-refractivity contribution < 1.29 is 4.79 Å². The Bertz CT molecular complexity index is 813. The summed E-state index contributed by atoms with van der Waals surface area (Å²) in [5.74, 6) is -0.0825. The largest absolute Gasteiger partial charge is 0.332 e. The Morgan fingerprint density at radius 2 is 1.70 bits per heavy atom. The summed E-state index contributed by atoms with van der Waals surface area (Å²) >= 11 is 7.41. The lowest BCUT2D eigenvalue weighted by molar-refractivity contribution is -0.114. The van der Waals surface area contributed by atoms with E-state index < -0.39 is 0 Å². The van der Waals surface area contributed by atoms with Crippen LogP contribution in [0.25, 0.3) is 11.3 Å². The summed E-state index contributed by atoms with van der Waals surface area (Å²) in [6.07, 6.45) is 0. The Balaban J connectivity index is 1.73. The van der Waals surface area contributed by atoms with Crippen molar-refractivity contribution in [2.24, 2.45) is 0 Å². The lowest BCUT2D eigenvalue weighted by Gasteiger charge is -2.03. The summed E-state index contributed by atoms with van der Waals surface area (Å²) in [4.78, 5) is 15.6. The van der Waals surface area contributed by atoms with Crippen molar-refractivity contribution in [1.29, 1.82) is 0 Å². The van der Waals surface area contributed by atoms with Crippen LogP contribution in [0.15, 0.2) is 53.9 Å². The molecule has 6 heteroatoms. The third-order valence-corrected chi connectivity index (χ3v) is 4.11. The number of carbonyl (C=O) groups is 1. The molecular weight excluding hydrogens is 330 g/mol. The van der Waals surface area contributed by atoms with Gasteiger partial charge >= 0.3 is 0 Å². The van der Waals surface area contributed by atoms with Crippen LogP contribution < -0.4 is 10.6 Å². The summed E-state index contributed by atoms with van der Waals surface area (Å²) in [7, 11) is 0. The molecule has 0 bridgehead atoms. The van der Waals surface area contributed by atoms with Crippen LogP contribution in [0.4, 0.5) is 16.5 Å². The van der Waals surface area contributed by atoms with Crippen molar-refractivity contribution in [2.75, 3.05) is 10.6 Å². The van der Waals surface area contributed by atoms with Crippen LogP contribution in [0.5, 0.6) is 0 Å². The molecule has 1 heterocycles. The quantitative estimate of drug-likeness (QED) is 0.687. The molecule has 3 rings (SSSR count).